The highest BCUT2D eigenvalue weighted by Crippen LogP contribution is 2.17. The van der Waals surface area contributed by atoms with Gasteiger partial charge in [0.1, 0.15) is 0 Å². The van der Waals surface area contributed by atoms with Crippen LogP contribution in [0.2, 0.25) is 0 Å². The first-order valence-electron chi connectivity index (χ1n) is 8.00. The third kappa shape index (κ3) is 5.63. The lowest BCUT2D eigenvalue weighted by Gasteiger charge is -2.29. The maximum absolute atomic E-state index is 12.0. The van der Waals surface area contributed by atoms with Gasteiger partial charge < -0.3 is 15.0 Å². The molecule has 1 N–H and O–H groups in total. The molecule has 1 saturated carbocycles. The molecule has 2 rings (SSSR count). The molecule has 0 spiro atoms. The van der Waals surface area contributed by atoms with Gasteiger partial charge in [-0.1, -0.05) is 12.8 Å². The van der Waals surface area contributed by atoms with Crippen LogP contribution in [-0.2, 0) is 14.3 Å². The fourth-order valence-electron chi connectivity index (χ4n) is 2.95. The molecule has 2 fully saturated rings. The lowest BCUT2D eigenvalue weighted by atomic mass is 10.2. The van der Waals surface area contributed by atoms with Crippen LogP contribution in [0.3, 0.4) is 0 Å². The summed E-state index contributed by atoms with van der Waals surface area (Å²) in [5.41, 5.74) is 0. The number of nitrogens with one attached hydrogen (secondary N) is 1. The van der Waals surface area contributed by atoms with E-state index in [2.05, 4.69) is 10.2 Å². The van der Waals surface area contributed by atoms with Gasteiger partial charge in [0.15, 0.2) is 0 Å². The molecule has 0 aromatic carbocycles. The maximum atomic E-state index is 12.0. The van der Waals surface area contributed by atoms with E-state index in [1.165, 1.54) is 19.8 Å². The molecule has 2 aliphatic rings. The van der Waals surface area contributed by atoms with Gasteiger partial charge >= 0.3 is 0 Å². The first kappa shape index (κ1) is 16.2. The predicted molar refractivity (Wildman–Crippen MR) is 79.9 cm³/mol. The number of ether oxygens (including phenoxy) is 1. The molecule has 21 heavy (non-hydrogen) atoms. The number of rotatable bonds is 6. The van der Waals surface area contributed by atoms with Crippen molar-refractivity contribution in [3.8, 4) is 0 Å². The Bertz CT molecular complexity index is 350. The van der Waals surface area contributed by atoms with E-state index in [0.29, 0.717) is 12.6 Å². The first-order chi connectivity index (χ1) is 10.1. The van der Waals surface area contributed by atoms with E-state index in [4.69, 9.17) is 4.74 Å². The number of carbonyl (C=O) groups excluding carboxylic acids is 2. The highest BCUT2D eigenvalue weighted by molar-refractivity contribution is 5.83. The minimum absolute atomic E-state index is 0.0286. The van der Waals surface area contributed by atoms with Crippen molar-refractivity contribution in [3.05, 3.63) is 0 Å². The minimum atomic E-state index is -0.0372. The summed E-state index contributed by atoms with van der Waals surface area (Å²) in [7, 11) is 0. The molecule has 0 aromatic rings. The van der Waals surface area contributed by atoms with Crippen molar-refractivity contribution in [1.82, 2.24) is 15.1 Å². The zero-order valence-corrected chi connectivity index (χ0v) is 13.0. The molecule has 6 heteroatoms. The average Bonchev–Trinajstić information content (AvgIpc) is 2.97. The van der Waals surface area contributed by atoms with Gasteiger partial charge in [-0.15, -0.1) is 0 Å². The molecule has 1 heterocycles. The maximum Gasteiger partial charge on any atom is 0.239 e. The molecule has 0 atom stereocenters. The quantitative estimate of drug-likeness (QED) is 0.762. The lowest BCUT2D eigenvalue weighted by Crippen LogP contribution is -2.46. The highest BCUT2D eigenvalue weighted by atomic mass is 16.5. The predicted octanol–water partition coefficient (Wildman–Crippen LogP) is 0.226. The van der Waals surface area contributed by atoms with Crippen LogP contribution in [0.5, 0.6) is 0 Å². The summed E-state index contributed by atoms with van der Waals surface area (Å²) in [5.74, 6) is -0.0658. The van der Waals surface area contributed by atoms with Crippen molar-refractivity contribution in [2.24, 2.45) is 0 Å². The first-order valence-corrected chi connectivity index (χ1v) is 8.00. The second kappa shape index (κ2) is 8.34. The summed E-state index contributed by atoms with van der Waals surface area (Å²) < 4.78 is 5.31. The molecule has 1 aliphatic heterocycles. The van der Waals surface area contributed by atoms with Crippen molar-refractivity contribution in [2.75, 3.05) is 45.9 Å². The second-order valence-corrected chi connectivity index (χ2v) is 5.94. The van der Waals surface area contributed by atoms with Crippen LogP contribution in [0.1, 0.15) is 32.6 Å². The molecule has 1 saturated heterocycles. The van der Waals surface area contributed by atoms with Gasteiger partial charge in [-0.3, -0.25) is 14.5 Å². The monoisotopic (exact) mass is 297 g/mol. The van der Waals surface area contributed by atoms with E-state index in [1.807, 2.05) is 0 Å². The number of amides is 2. The van der Waals surface area contributed by atoms with E-state index in [9.17, 15) is 9.59 Å². The molecule has 2 amide bonds. The van der Waals surface area contributed by atoms with E-state index in [-0.39, 0.29) is 18.4 Å². The molecule has 0 aromatic heterocycles. The zero-order chi connectivity index (χ0) is 15.1. The fourth-order valence-corrected chi connectivity index (χ4v) is 2.95. The Morgan fingerprint density at radius 3 is 2.52 bits per heavy atom. The van der Waals surface area contributed by atoms with Gasteiger partial charge in [-0.2, -0.15) is 0 Å². The third-order valence-corrected chi connectivity index (χ3v) is 4.29. The summed E-state index contributed by atoms with van der Waals surface area (Å²) in [5, 5.41) is 3.04. The van der Waals surface area contributed by atoms with Crippen LogP contribution in [0.4, 0.5) is 0 Å². The van der Waals surface area contributed by atoms with Gasteiger partial charge in [-0.05, 0) is 12.8 Å². The highest BCUT2D eigenvalue weighted by Gasteiger charge is 2.20. The van der Waals surface area contributed by atoms with Crippen molar-refractivity contribution >= 4 is 11.8 Å². The van der Waals surface area contributed by atoms with Crippen LogP contribution in [0.25, 0.3) is 0 Å². The Labute approximate surface area is 126 Å². The topological polar surface area (TPSA) is 61.9 Å². The molecular weight excluding hydrogens is 270 g/mol. The Hall–Kier alpha value is -1.14. The molecule has 0 bridgehead atoms. The van der Waals surface area contributed by atoms with Crippen molar-refractivity contribution in [1.29, 1.82) is 0 Å². The summed E-state index contributed by atoms with van der Waals surface area (Å²) in [4.78, 5) is 27.6. The van der Waals surface area contributed by atoms with Gasteiger partial charge in [0.25, 0.3) is 0 Å². The summed E-state index contributed by atoms with van der Waals surface area (Å²) in [6.45, 7) is 6.43. The molecule has 6 nitrogen and oxygen atoms in total. The Morgan fingerprint density at radius 2 is 1.90 bits per heavy atom. The smallest absolute Gasteiger partial charge is 0.239 e. The lowest BCUT2D eigenvalue weighted by molar-refractivity contribution is -0.134. The standard InChI is InChI=1S/C15H27N3O3/c1-13(19)18(7-6-17-8-10-21-11-9-17)12-15(20)16-14-4-2-3-5-14/h14H,2-12H2,1H3,(H,16,20). The molecule has 0 radical (unpaired) electrons. The van der Waals surface area contributed by atoms with E-state index in [1.54, 1.807) is 4.90 Å². The number of nitrogens with zero attached hydrogens (tertiary/aromatic N) is 2. The second-order valence-electron chi connectivity index (χ2n) is 5.94. The summed E-state index contributed by atoms with van der Waals surface area (Å²) in [6, 6.07) is 0.311. The van der Waals surface area contributed by atoms with Crippen LogP contribution >= 0.6 is 0 Å². The normalized spacial score (nSPS) is 20.4. The number of morpholine rings is 1. The molecule has 120 valence electrons. The molecule has 0 unspecified atom stereocenters. The Kier molecular flexibility index (Phi) is 6.45. The van der Waals surface area contributed by atoms with Gasteiger partial charge in [0, 0.05) is 39.1 Å². The fraction of sp³-hybridized carbons (Fsp3) is 0.867. The van der Waals surface area contributed by atoms with Crippen molar-refractivity contribution in [3.63, 3.8) is 0 Å². The Morgan fingerprint density at radius 1 is 1.24 bits per heavy atom. The zero-order valence-electron chi connectivity index (χ0n) is 13.0. The summed E-state index contributed by atoms with van der Waals surface area (Å²) in [6.07, 6.45) is 4.52. The average molecular weight is 297 g/mol. The van der Waals surface area contributed by atoms with E-state index >= 15 is 0 Å². The van der Waals surface area contributed by atoms with Crippen LogP contribution in [-0.4, -0.2) is 73.6 Å². The Balaban J connectivity index is 1.72. The van der Waals surface area contributed by atoms with Crippen molar-refractivity contribution in [2.45, 2.75) is 38.6 Å². The number of carbonyl (C=O) groups is 2. The third-order valence-electron chi connectivity index (χ3n) is 4.29. The van der Waals surface area contributed by atoms with Crippen LogP contribution in [0, 0.1) is 0 Å². The largest absolute Gasteiger partial charge is 0.379 e. The van der Waals surface area contributed by atoms with Gasteiger partial charge in [0.05, 0.1) is 19.8 Å². The van der Waals surface area contributed by atoms with Crippen LogP contribution < -0.4 is 5.32 Å². The van der Waals surface area contributed by atoms with E-state index in [0.717, 1.165) is 45.7 Å². The van der Waals surface area contributed by atoms with Crippen molar-refractivity contribution < 1.29 is 14.3 Å². The van der Waals surface area contributed by atoms with Crippen LogP contribution in [0.15, 0.2) is 0 Å². The number of hydrogen-bond donors (Lipinski definition) is 1. The molecular formula is C15H27N3O3. The van der Waals surface area contributed by atoms with Gasteiger partial charge in [-0.25, -0.2) is 0 Å². The molecule has 1 aliphatic carbocycles. The van der Waals surface area contributed by atoms with Gasteiger partial charge in [0.2, 0.25) is 11.8 Å². The SMILES string of the molecule is CC(=O)N(CCN1CCOCC1)CC(=O)NC1CCCC1. The number of hydrogen-bond acceptors (Lipinski definition) is 4. The summed E-state index contributed by atoms with van der Waals surface area (Å²) >= 11 is 0. The van der Waals surface area contributed by atoms with E-state index < -0.39 is 0 Å². The minimum Gasteiger partial charge on any atom is -0.379 e.